The molecule has 0 aromatic heterocycles. The van der Waals surface area contributed by atoms with E-state index in [4.69, 9.17) is 14.6 Å². The molecule has 20 heavy (non-hydrogen) atoms. The van der Waals surface area contributed by atoms with Gasteiger partial charge >= 0.3 is 17.9 Å². The largest absolute Gasteiger partial charge is 0.481 e. The van der Waals surface area contributed by atoms with E-state index in [2.05, 4.69) is 6.58 Å². The second kappa shape index (κ2) is 7.67. The SMILES string of the molecule is C=C(C)C(=O)OCCOC(=O)[C@H]1CCCC[C@@H]1C(=O)O. The Bertz CT molecular complexity index is 400. The molecule has 6 nitrogen and oxygen atoms in total. The zero-order chi connectivity index (χ0) is 15.1. The van der Waals surface area contributed by atoms with Crippen LogP contribution in [0.5, 0.6) is 0 Å². The molecule has 0 saturated heterocycles. The summed E-state index contributed by atoms with van der Waals surface area (Å²) in [6, 6.07) is 0. The molecule has 0 amide bonds. The molecule has 1 rings (SSSR count). The Balaban J connectivity index is 2.36. The van der Waals surface area contributed by atoms with Crippen molar-refractivity contribution in [3.05, 3.63) is 12.2 Å². The predicted molar refractivity (Wildman–Crippen MR) is 69.8 cm³/mol. The van der Waals surface area contributed by atoms with Crippen LogP contribution < -0.4 is 0 Å². The Kier molecular flexibility index (Phi) is 6.21. The molecular weight excluding hydrogens is 264 g/mol. The molecule has 0 spiro atoms. The number of carboxylic acids is 1. The van der Waals surface area contributed by atoms with Crippen LogP contribution in [0.15, 0.2) is 12.2 Å². The number of carboxylic acid groups (broad SMARTS) is 1. The van der Waals surface area contributed by atoms with Crippen molar-refractivity contribution in [2.75, 3.05) is 13.2 Å². The van der Waals surface area contributed by atoms with Crippen molar-refractivity contribution < 1.29 is 29.0 Å². The minimum atomic E-state index is -0.958. The fraction of sp³-hybridized carbons (Fsp3) is 0.643. The maximum Gasteiger partial charge on any atom is 0.333 e. The Morgan fingerprint density at radius 2 is 1.65 bits per heavy atom. The van der Waals surface area contributed by atoms with E-state index in [0.717, 1.165) is 12.8 Å². The lowest BCUT2D eigenvalue weighted by atomic mass is 9.79. The van der Waals surface area contributed by atoms with E-state index in [1.807, 2.05) is 0 Å². The van der Waals surface area contributed by atoms with Gasteiger partial charge in [0, 0.05) is 5.57 Å². The summed E-state index contributed by atoms with van der Waals surface area (Å²) in [6.45, 7) is 4.82. The van der Waals surface area contributed by atoms with Crippen LogP contribution in [0.1, 0.15) is 32.6 Å². The van der Waals surface area contributed by atoms with Gasteiger partial charge < -0.3 is 14.6 Å². The minimum Gasteiger partial charge on any atom is -0.481 e. The first-order valence-electron chi connectivity index (χ1n) is 6.65. The number of rotatable bonds is 6. The highest BCUT2D eigenvalue weighted by atomic mass is 16.6. The monoisotopic (exact) mass is 284 g/mol. The molecule has 0 unspecified atom stereocenters. The van der Waals surface area contributed by atoms with Crippen molar-refractivity contribution in [3.8, 4) is 0 Å². The number of hydrogen-bond donors (Lipinski definition) is 1. The Morgan fingerprint density at radius 1 is 1.10 bits per heavy atom. The van der Waals surface area contributed by atoms with Gasteiger partial charge in [-0.15, -0.1) is 0 Å². The molecule has 1 fully saturated rings. The van der Waals surface area contributed by atoms with Gasteiger partial charge in [-0.25, -0.2) is 4.79 Å². The third-order valence-corrected chi connectivity index (χ3v) is 3.30. The number of carbonyl (C=O) groups excluding carboxylic acids is 2. The molecular formula is C14H20O6. The molecule has 1 aliphatic carbocycles. The van der Waals surface area contributed by atoms with E-state index in [9.17, 15) is 14.4 Å². The van der Waals surface area contributed by atoms with Gasteiger partial charge in [0.05, 0.1) is 11.8 Å². The third kappa shape index (κ3) is 4.68. The molecule has 1 aliphatic rings. The van der Waals surface area contributed by atoms with E-state index in [1.165, 1.54) is 6.92 Å². The van der Waals surface area contributed by atoms with E-state index >= 15 is 0 Å². The van der Waals surface area contributed by atoms with Gasteiger partial charge in [-0.2, -0.15) is 0 Å². The fourth-order valence-electron chi connectivity index (χ4n) is 2.22. The van der Waals surface area contributed by atoms with E-state index in [-0.39, 0.29) is 18.8 Å². The highest BCUT2D eigenvalue weighted by Crippen LogP contribution is 2.31. The first-order valence-corrected chi connectivity index (χ1v) is 6.65. The summed E-state index contributed by atoms with van der Waals surface area (Å²) >= 11 is 0. The molecule has 6 heteroatoms. The van der Waals surface area contributed by atoms with Crippen LogP contribution in [0.4, 0.5) is 0 Å². The molecule has 112 valence electrons. The quantitative estimate of drug-likeness (QED) is 0.452. The van der Waals surface area contributed by atoms with Crippen molar-refractivity contribution in [2.45, 2.75) is 32.6 Å². The summed E-state index contributed by atoms with van der Waals surface area (Å²) in [5.74, 6) is -3.29. The lowest BCUT2D eigenvalue weighted by Crippen LogP contribution is -2.34. The number of carbonyl (C=O) groups is 3. The molecule has 1 saturated carbocycles. The number of esters is 2. The van der Waals surface area contributed by atoms with Crippen molar-refractivity contribution in [3.63, 3.8) is 0 Å². The average molecular weight is 284 g/mol. The standard InChI is InChI=1S/C14H20O6/c1-9(2)13(17)19-7-8-20-14(18)11-6-4-3-5-10(11)12(15)16/h10-11H,1,3-8H2,2H3,(H,15,16)/t10-,11-/m0/s1. The summed E-state index contributed by atoms with van der Waals surface area (Å²) in [5, 5.41) is 9.08. The zero-order valence-electron chi connectivity index (χ0n) is 11.6. The lowest BCUT2D eigenvalue weighted by molar-refractivity contribution is -0.161. The number of aliphatic carboxylic acids is 1. The van der Waals surface area contributed by atoms with Crippen molar-refractivity contribution >= 4 is 17.9 Å². The third-order valence-electron chi connectivity index (χ3n) is 3.30. The van der Waals surface area contributed by atoms with E-state index in [1.54, 1.807) is 0 Å². The van der Waals surface area contributed by atoms with Gasteiger partial charge in [-0.1, -0.05) is 19.4 Å². The Labute approximate surface area is 117 Å². The minimum absolute atomic E-state index is 0.0537. The van der Waals surface area contributed by atoms with Crippen molar-refractivity contribution in [1.82, 2.24) is 0 Å². The molecule has 0 aliphatic heterocycles. The first-order chi connectivity index (χ1) is 9.43. The van der Waals surface area contributed by atoms with Gasteiger partial charge in [0.15, 0.2) is 0 Å². The molecule has 0 bridgehead atoms. The number of ether oxygens (including phenoxy) is 2. The number of hydrogen-bond acceptors (Lipinski definition) is 5. The highest BCUT2D eigenvalue weighted by molar-refractivity contribution is 5.87. The lowest BCUT2D eigenvalue weighted by Gasteiger charge is -2.26. The molecule has 0 aromatic carbocycles. The van der Waals surface area contributed by atoms with E-state index in [0.29, 0.717) is 12.8 Å². The smallest absolute Gasteiger partial charge is 0.333 e. The average Bonchev–Trinajstić information content (AvgIpc) is 2.42. The molecule has 0 aromatic rings. The first kappa shape index (κ1) is 16.2. The Morgan fingerprint density at radius 3 is 2.20 bits per heavy atom. The van der Waals surface area contributed by atoms with Crippen molar-refractivity contribution in [2.24, 2.45) is 11.8 Å². The van der Waals surface area contributed by atoms with Crippen LogP contribution in [0.25, 0.3) is 0 Å². The van der Waals surface area contributed by atoms with Gasteiger partial charge in [0.2, 0.25) is 0 Å². The fourth-order valence-corrected chi connectivity index (χ4v) is 2.22. The summed E-state index contributed by atoms with van der Waals surface area (Å²) in [4.78, 5) is 34.0. The second-order valence-corrected chi connectivity index (χ2v) is 4.92. The molecule has 0 heterocycles. The normalized spacial score (nSPS) is 21.9. The molecule has 1 N–H and O–H groups in total. The molecule has 0 radical (unpaired) electrons. The maximum atomic E-state index is 11.8. The predicted octanol–water partition coefficient (Wildman–Crippen LogP) is 1.54. The summed E-state index contributed by atoms with van der Waals surface area (Å²) in [5.41, 5.74) is 0.273. The van der Waals surface area contributed by atoms with Crippen LogP contribution in [0.2, 0.25) is 0 Å². The van der Waals surface area contributed by atoms with Crippen molar-refractivity contribution in [1.29, 1.82) is 0 Å². The van der Waals surface area contributed by atoms with Crippen LogP contribution in [0.3, 0.4) is 0 Å². The van der Waals surface area contributed by atoms with Crippen LogP contribution in [-0.4, -0.2) is 36.2 Å². The van der Waals surface area contributed by atoms with Gasteiger partial charge in [0.25, 0.3) is 0 Å². The topological polar surface area (TPSA) is 89.9 Å². The highest BCUT2D eigenvalue weighted by Gasteiger charge is 2.36. The van der Waals surface area contributed by atoms with Crippen LogP contribution >= 0.6 is 0 Å². The maximum absolute atomic E-state index is 11.8. The zero-order valence-corrected chi connectivity index (χ0v) is 11.6. The van der Waals surface area contributed by atoms with Crippen LogP contribution in [0, 0.1) is 11.8 Å². The van der Waals surface area contributed by atoms with E-state index < -0.39 is 29.7 Å². The van der Waals surface area contributed by atoms with Gasteiger partial charge in [0.1, 0.15) is 13.2 Å². The van der Waals surface area contributed by atoms with Crippen LogP contribution in [-0.2, 0) is 23.9 Å². The Hall–Kier alpha value is -1.85. The van der Waals surface area contributed by atoms with Gasteiger partial charge in [-0.3, -0.25) is 9.59 Å². The van der Waals surface area contributed by atoms with Gasteiger partial charge in [-0.05, 0) is 19.8 Å². The summed E-state index contributed by atoms with van der Waals surface area (Å²) in [7, 11) is 0. The molecule has 2 atom stereocenters. The summed E-state index contributed by atoms with van der Waals surface area (Å²) < 4.78 is 9.77. The summed E-state index contributed by atoms with van der Waals surface area (Å²) in [6.07, 6.45) is 2.67. The second-order valence-electron chi connectivity index (χ2n) is 4.92.